The van der Waals surface area contributed by atoms with Crippen molar-refractivity contribution in [2.75, 3.05) is 0 Å². The van der Waals surface area contributed by atoms with Crippen LogP contribution < -0.4 is 5.32 Å². The molecule has 2 rings (SSSR count). The van der Waals surface area contributed by atoms with E-state index in [1.807, 2.05) is 36.4 Å². The molecule has 1 atom stereocenters. The first-order valence-electron chi connectivity index (χ1n) is 5.95. The number of nitrogens with one attached hydrogen (secondary N) is 1. The highest BCUT2D eigenvalue weighted by molar-refractivity contribution is 7.52. The van der Waals surface area contributed by atoms with E-state index in [0.717, 1.165) is 5.56 Å². The molecule has 100 valence electrons. The maximum absolute atomic E-state index is 11.6. The van der Waals surface area contributed by atoms with E-state index in [4.69, 9.17) is 0 Å². The lowest BCUT2D eigenvalue weighted by molar-refractivity contribution is 0.347. The molecule has 0 saturated heterocycles. The van der Waals surface area contributed by atoms with Crippen molar-refractivity contribution in [3.63, 3.8) is 0 Å². The molecule has 0 unspecified atom stereocenters. The summed E-state index contributed by atoms with van der Waals surface area (Å²) in [5.41, 5.74) is 1.57. The van der Waals surface area contributed by atoms with Gasteiger partial charge in [-0.3, -0.25) is 9.88 Å². The fraction of sp³-hybridized carbons (Fsp3) is 0.143. The summed E-state index contributed by atoms with van der Waals surface area (Å²) in [4.78, 5) is 18.9. The molecule has 0 amide bonds. The van der Waals surface area contributed by atoms with Gasteiger partial charge in [-0.2, -0.15) is 0 Å². The molecule has 0 spiro atoms. The maximum Gasteiger partial charge on any atom is 0.346 e. The zero-order valence-corrected chi connectivity index (χ0v) is 11.2. The Morgan fingerprint density at radius 1 is 0.947 bits per heavy atom. The van der Waals surface area contributed by atoms with Crippen molar-refractivity contribution in [2.45, 2.75) is 12.3 Å². The quantitative estimate of drug-likeness (QED) is 0.735. The molecular formula is C14H16NO3P. The molecule has 0 aromatic heterocycles. The van der Waals surface area contributed by atoms with Gasteiger partial charge < -0.3 is 9.79 Å². The van der Waals surface area contributed by atoms with Crippen molar-refractivity contribution in [3.05, 3.63) is 71.8 Å². The minimum atomic E-state index is -4.25. The summed E-state index contributed by atoms with van der Waals surface area (Å²) >= 11 is 0. The van der Waals surface area contributed by atoms with Gasteiger partial charge in [-0.1, -0.05) is 60.7 Å². The Balaban J connectivity index is 2.14. The monoisotopic (exact) mass is 277 g/mol. The Bertz CT molecular complexity index is 553. The lowest BCUT2D eigenvalue weighted by Crippen LogP contribution is -2.21. The molecule has 4 nitrogen and oxygen atoms in total. The van der Waals surface area contributed by atoms with E-state index < -0.39 is 13.4 Å². The highest BCUT2D eigenvalue weighted by Gasteiger charge is 2.29. The van der Waals surface area contributed by atoms with Crippen molar-refractivity contribution < 1.29 is 14.4 Å². The summed E-state index contributed by atoms with van der Waals surface area (Å²) in [6, 6.07) is 18.3. The summed E-state index contributed by atoms with van der Waals surface area (Å²) in [5.74, 6) is -0.978. The topological polar surface area (TPSA) is 69.6 Å². The normalized spacial score (nSPS) is 13.2. The van der Waals surface area contributed by atoms with Crippen LogP contribution in [0.25, 0.3) is 0 Å². The third kappa shape index (κ3) is 4.01. The van der Waals surface area contributed by atoms with Gasteiger partial charge >= 0.3 is 7.60 Å². The Kier molecular flexibility index (Phi) is 4.51. The maximum atomic E-state index is 11.6. The molecule has 0 radical (unpaired) electrons. The van der Waals surface area contributed by atoms with E-state index in [-0.39, 0.29) is 0 Å². The summed E-state index contributed by atoms with van der Waals surface area (Å²) in [6.07, 6.45) is 0. The third-order valence-electron chi connectivity index (χ3n) is 2.79. The minimum absolute atomic E-state index is 0.408. The number of hydrogen-bond donors (Lipinski definition) is 3. The molecule has 2 aromatic rings. The van der Waals surface area contributed by atoms with Gasteiger partial charge in [-0.05, 0) is 11.1 Å². The van der Waals surface area contributed by atoms with Crippen LogP contribution in [-0.2, 0) is 11.1 Å². The average Bonchev–Trinajstić information content (AvgIpc) is 2.40. The largest absolute Gasteiger partial charge is 0.346 e. The Morgan fingerprint density at radius 2 is 1.47 bits per heavy atom. The molecular weight excluding hydrogens is 261 g/mol. The van der Waals surface area contributed by atoms with Crippen LogP contribution in [0.3, 0.4) is 0 Å². The van der Waals surface area contributed by atoms with Gasteiger partial charge in [-0.15, -0.1) is 0 Å². The predicted octanol–water partition coefficient (Wildman–Crippen LogP) is 2.65. The van der Waals surface area contributed by atoms with E-state index in [0.29, 0.717) is 12.1 Å². The van der Waals surface area contributed by atoms with Crippen molar-refractivity contribution in [2.24, 2.45) is 0 Å². The van der Waals surface area contributed by atoms with Gasteiger partial charge in [0, 0.05) is 6.54 Å². The van der Waals surface area contributed by atoms with Gasteiger partial charge in [0.1, 0.15) is 5.78 Å². The molecule has 0 aliphatic heterocycles. The molecule has 0 aliphatic carbocycles. The van der Waals surface area contributed by atoms with Gasteiger partial charge in [-0.25, -0.2) is 0 Å². The molecule has 5 heteroatoms. The van der Waals surface area contributed by atoms with Crippen LogP contribution in [0.4, 0.5) is 0 Å². The molecule has 19 heavy (non-hydrogen) atoms. The van der Waals surface area contributed by atoms with Crippen LogP contribution in [0.15, 0.2) is 60.7 Å². The first-order valence-corrected chi connectivity index (χ1v) is 7.63. The molecule has 0 saturated carbocycles. The van der Waals surface area contributed by atoms with Crippen molar-refractivity contribution in [3.8, 4) is 0 Å². The second kappa shape index (κ2) is 6.13. The first kappa shape index (κ1) is 14.0. The summed E-state index contributed by atoms with van der Waals surface area (Å²) in [7, 11) is -4.25. The minimum Gasteiger partial charge on any atom is -0.323 e. The SMILES string of the molecule is O=P(O)(O)[C@H](NCc1ccccc1)c1ccccc1. The fourth-order valence-electron chi connectivity index (χ4n) is 1.88. The van der Waals surface area contributed by atoms with Gasteiger partial charge in [0.2, 0.25) is 0 Å². The van der Waals surface area contributed by atoms with Gasteiger partial charge in [0.25, 0.3) is 0 Å². The van der Waals surface area contributed by atoms with Crippen LogP contribution in [-0.4, -0.2) is 9.79 Å². The van der Waals surface area contributed by atoms with Crippen LogP contribution in [0.5, 0.6) is 0 Å². The van der Waals surface area contributed by atoms with E-state index in [1.54, 1.807) is 24.3 Å². The fourth-order valence-corrected chi connectivity index (χ4v) is 2.77. The van der Waals surface area contributed by atoms with E-state index in [1.165, 1.54) is 0 Å². The second-order valence-corrected chi connectivity index (χ2v) is 5.96. The molecule has 3 N–H and O–H groups in total. The Labute approximate surface area is 112 Å². The zero-order valence-electron chi connectivity index (χ0n) is 10.3. The molecule has 0 aliphatic rings. The number of rotatable bonds is 5. The Morgan fingerprint density at radius 3 is 2.00 bits per heavy atom. The van der Waals surface area contributed by atoms with Crippen molar-refractivity contribution in [1.82, 2.24) is 5.32 Å². The van der Waals surface area contributed by atoms with E-state index in [2.05, 4.69) is 5.32 Å². The lowest BCUT2D eigenvalue weighted by Gasteiger charge is -2.20. The Hall–Kier alpha value is -1.45. The predicted molar refractivity (Wildman–Crippen MR) is 74.5 cm³/mol. The van der Waals surface area contributed by atoms with Crippen LogP contribution in [0, 0.1) is 0 Å². The molecule has 0 bridgehead atoms. The lowest BCUT2D eigenvalue weighted by atomic mass is 10.2. The summed E-state index contributed by atoms with van der Waals surface area (Å²) < 4.78 is 11.6. The molecule has 0 heterocycles. The van der Waals surface area contributed by atoms with Gasteiger partial charge in [0.15, 0.2) is 0 Å². The number of benzene rings is 2. The van der Waals surface area contributed by atoms with Gasteiger partial charge in [0.05, 0.1) is 0 Å². The zero-order chi connectivity index (χ0) is 13.7. The van der Waals surface area contributed by atoms with Crippen LogP contribution in [0.1, 0.15) is 16.9 Å². The first-order chi connectivity index (χ1) is 9.07. The second-order valence-electron chi connectivity index (χ2n) is 4.27. The molecule has 2 aromatic carbocycles. The highest BCUT2D eigenvalue weighted by Crippen LogP contribution is 2.49. The molecule has 0 fully saturated rings. The van der Waals surface area contributed by atoms with E-state index in [9.17, 15) is 14.4 Å². The van der Waals surface area contributed by atoms with Crippen LogP contribution >= 0.6 is 7.60 Å². The number of hydrogen-bond acceptors (Lipinski definition) is 2. The summed E-state index contributed by atoms with van der Waals surface area (Å²) in [5, 5.41) is 2.93. The van der Waals surface area contributed by atoms with Crippen molar-refractivity contribution >= 4 is 7.60 Å². The third-order valence-corrected chi connectivity index (χ3v) is 3.95. The summed E-state index contributed by atoms with van der Waals surface area (Å²) in [6.45, 7) is 0.408. The highest BCUT2D eigenvalue weighted by atomic mass is 31.2. The van der Waals surface area contributed by atoms with Crippen molar-refractivity contribution in [1.29, 1.82) is 0 Å². The van der Waals surface area contributed by atoms with Crippen LogP contribution in [0.2, 0.25) is 0 Å². The van der Waals surface area contributed by atoms with E-state index >= 15 is 0 Å². The standard InChI is InChI=1S/C14H16NO3P/c16-19(17,18)14(13-9-5-2-6-10-13)15-11-12-7-3-1-4-8-12/h1-10,14-15H,11H2,(H2,16,17,18)/t14-/m0/s1. The average molecular weight is 277 g/mol. The smallest absolute Gasteiger partial charge is 0.323 e.